The molecule has 0 aliphatic rings. The van der Waals surface area contributed by atoms with Crippen molar-refractivity contribution in [3.8, 4) is 0 Å². The van der Waals surface area contributed by atoms with Gasteiger partial charge >= 0.3 is 0 Å². The highest BCUT2D eigenvalue weighted by atomic mass is 16.1. The highest BCUT2D eigenvalue weighted by molar-refractivity contribution is 5.28. The van der Waals surface area contributed by atoms with E-state index in [-0.39, 0.29) is 11.5 Å². The zero-order chi connectivity index (χ0) is 13.7. The summed E-state index contributed by atoms with van der Waals surface area (Å²) in [6, 6.07) is 11.9. The van der Waals surface area contributed by atoms with Crippen molar-refractivity contribution in [2.75, 3.05) is 6.54 Å². The van der Waals surface area contributed by atoms with Gasteiger partial charge in [-0.15, -0.1) is 0 Å². The van der Waals surface area contributed by atoms with Gasteiger partial charge in [-0.05, 0) is 24.6 Å². The van der Waals surface area contributed by atoms with Crippen LogP contribution in [0.5, 0.6) is 0 Å². The van der Waals surface area contributed by atoms with E-state index in [1.807, 2.05) is 17.0 Å². The molecule has 0 saturated carbocycles. The number of rotatable bonds is 5. The molecule has 2 rings (SSSR count). The zero-order valence-corrected chi connectivity index (χ0v) is 11.5. The summed E-state index contributed by atoms with van der Waals surface area (Å²) in [5, 5.41) is 3.50. The maximum Gasteiger partial charge on any atom is 0.181 e. The van der Waals surface area contributed by atoms with Crippen molar-refractivity contribution >= 4 is 0 Å². The van der Waals surface area contributed by atoms with Crippen molar-refractivity contribution in [2.24, 2.45) is 0 Å². The quantitative estimate of drug-likeness (QED) is 0.892. The Morgan fingerprint density at radius 1 is 1.16 bits per heavy atom. The predicted molar refractivity (Wildman–Crippen MR) is 78.3 cm³/mol. The Kier molecular flexibility index (Phi) is 4.53. The number of aryl methyl sites for hydroxylation is 1. The summed E-state index contributed by atoms with van der Waals surface area (Å²) in [5.41, 5.74) is 2.64. The maximum absolute atomic E-state index is 11.1. The molecule has 1 unspecified atom stereocenters. The maximum atomic E-state index is 11.1. The first-order valence-electron chi connectivity index (χ1n) is 6.65. The number of aromatic nitrogens is 1. The molecule has 1 aromatic heterocycles. The fourth-order valence-electron chi connectivity index (χ4n) is 2.27. The Hall–Kier alpha value is -1.87. The van der Waals surface area contributed by atoms with Crippen LogP contribution in [0.25, 0.3) is 0 Å². The fraction of sp³-hybridized carbons (Fsp3) is 0.312. The molecule has 1 N–H and O–H groups in total. The number of benzene rings is 1. The van der Waals surface area contributed by atoms with Gasteiger partial charge in [-0.25, -0.2) is 0 Å². The fourth-order valence-corrected chi connectivity index (χ4v) is 2.27. The summed E-state index contributed by atoms with van der Waals surface area (Å²) in [7, 11) is 0. The monoisotopic (exact) mass is 256 g/mol. The average Bonchev–Trinajstić information content (AvgIpc) is 2.41. The average molecular weight is 256 g/mol. The van der Waals surface area contributed by atoms with Crippen molar-refractivity contribution < 1.29 is 0 Å². The number of hydrogen-bond acceptors (Lipinski definition) is 2. The molecule has 1 atom stereocenters. The third kappa shape index (κ3) is 3.55. The van der Waals surface area contributed by atoms with Crippen LogP contribution >= 0.6 is 0 Å². The van der Waals surface area contributed by atoms with Crippen LogP contribution < -0.4 is 10.7 Å². The summed E-state index contributed by atoms with van der Waals surface area (Å²) in [5.74, 6) is 0. The van der Waals surface area contributed by atoms with E-state index in [1.54, 1.807) is 12.1 Å². The molecule has 0 amide bonds. The SMILES string of the molecule is CCNC(Cn1ccc(=O)cc1)c1ccccc1C. The number of hydrogen-bond donors (Lipinski definition) is 1. The van der Waals surface area contributed by atoms with Gasteiger partial charge < -0.3 is 9.88 Å². The lowest BCUT2D eigenvalue weighted by atomic mass is 10.0. The molecule has 2 aromatic rings. The van der Waals surface area contributed by atoms with Gasteiger partial charge in [0.1, 0.15) is 0 Å². The second-order valence-electron chi connectivity index (χ2n) is 4.70. The normalized spacial score (nSPS) is 12.3. The van der Waals surface area contributed by atoms with Crippen LogP contribution in [0.15, 0.2) is 53.6 Å². The first-order chi connectivity index (χ1) is 9.20. The minimum atomic E-state index is 0.0483. The molecular formula is C16H20N2O. The van der Waals surface area contributed by atoms with Gasteiger partial charge in [-0.3, -0.25) is 4.79 Å². The Morgan fingerprint density at radius 2 is 1.84 bits per heavy atom. The molecule has 0 fully saturated rings. The topological polar surface area (TPSA) is 34.0 Å². The summed E-state index contributed by atoms with van der Waals surface area (Å²) < 4.78 is 2.04. The first kappa shape index (κ1) is 13.6. The van der Waals surface area contributed by atoms with Crippen LogP contribution in [0, 0.1) is 6.92 Å². The number of nitrogens with zero attached hydrogens (tertiary/aromatic N) is 1. The molecule has 0 radical (unpaired) electrons. The standard InChI is InChI=1S/C16H20N2O/c1-3-17-16(15-7-5-4-6-13(15)2)12-18-10-8-14(19)9-11-18/h4-11,16-17H,3,12H2,1-2H3. The Labute approximate surface area is 113 Å². The lowest BCUT2D eigenvalue weighted by Crippen LogP contribution is -2.26. The molecule has 3 nitrogen and oxygen atoms in total. The van der Waals surface area contributed by atoms with Crippen LogP contribution in [0.4, 0.5) is 0 Å². The van der Waals surface area contributed by atoms with E-state index in [9.17, 15) is 4.79 Å². The van der Waals surface area contributed by atoms with E-state index in [2.05, 4.69) is 43.4 Å². The van der Waals surface area contributed by atoms with Gasteiger partial charge in [0.05, 0.1) is 6.04 Å². The van der Waals surface area contributed by atoms with Crippen molar-refractivity contribution in [3.63, 3.8) is 0 Å². The molecular weight excluding hydrogens is 236 g/mol. The molecule has 1 heterocycles. The van der Waals surface area contributed by atoms with E-state index in [0.717, 1.165) is 13.1 Å². The Bertz CT molecular complexity index is 569. The first-order valence-corrected chi connectivity index (χ1v) is 6.65. The minimum absolute atomic E-state index is 0.0483. The summed E-state index contributed by atoms with van der Waals surface area (Å²) in [4.78, 5) is 11.1. The highest BCUT2D eigenvalue weighted by Crippen LogP contribution is 2.18. The van der Waals surface area contributed by atoms with Gasteiger partial charge in [0.2, 0.25) is 0 Å². The van der Waals surface area contributed by atoms with Crippen LogP contribution in [-0.2, 0) is 6.54 Å². The van der Waals surface area contributed by atoms with E-state index in [0.29, 0.717) is 0 Å². The smallest absolute Gasteiger partial charge is 0.181 e. The van der Waals surface area contributed by atoms with Gasteiger partial charge in [-0.2, -0.15) is 0 Å². The second kappa shape index (κ2) is 6.34. The Morgan fingerprint density at radius 3 is 2.47 bits per heavy atom. The largest absolute Gasteiger partial charge is 0.352 e. The lowest BCUT2D eigenvalue weighted by molar-refractivity contribution is 0.471. The van der Waals surface area contributed by atoms with Gasteiger partial charge in [0.25, 0.3) is 0 Å². The molecule has 1 aromatic carbocycles. The third-order valence-corrected chi connectivity index (χ3v) is 3.27. The van der Waals surface area contributed by atoms with Crippen LogP contribution in [-0.4, -0.2) is 11.1 Å². The summed E-state index contributed by atoms with van der Waals surface area (Å²) >= 11 is 0. The highest BCUT2D eigenvalue weighted by Gasteiger charge is 2.12. The molecule has 100 valence electrons. The van der Waals surface area contributed by atoms with Gasteiger partial charge in [0, 0.05) is 31.1 Å². The van der Waals surface area contributed by atoms with E-state index in [4.69, 9.17) is 0 Å². The molecule has 0 aliphatic carbocycles. The van der Waals surface area contributed by atoms with Crippen molar-refractivity contribution in [1.29, 1.82) is 0 Å². The van der Waals surface area contributed by atoms with Crippen LogP contribution in [0.1, 0.15) is 24.1 Å². The number of nitrogens with one attached hydrogen (secondary N) is 1. The molecule has 0 spiro atoms. The lowest BCUT2D eigenvalue weighted by Gasteiger charge is -2.21. The van der Waals surface area contributed by atoms with E-state index in [1.165, 1.54) is 11.1 Å². The predicted octanol–water partition coefficient (Wildman–Crippen LogP) is 2.51. The molecule has 0 bridgehead atoms. The molecule has 0 aliphatic heterocycles. The summed E-state index contributed by atoms with van der Waals surface area (Å²) in [6.07, 6.45) is 3.68. The van der Waals surface area contributed by atoms with Gasteiger partial charge in [-0.1, -0.05) is 31.2 Å². The third-order valence-electron chi connectivity index (χ3n) is 3.27. The summed E-state index contributed by atoms with van der Waals surface area (Å²) in [6.45, 7) is 5.97. The Balaban J connectivity index is 2.23. The van der Waals surface area contributed by atoms with Crippen LogP contribution in [0.2, 0.25) is 0 Å². The van der Waals surface area contributed by atoms with Crippen molar-refractivity contribution in [3.05, 3.63) is 70.1 Å². The number of pyridine rings is 1. The van der Waals surface area contributed by atoms with Crippen molar-refractivity contribution in [2.45, 2.75) is 26.4 Å². The van der Waals surface area contributed by atoms with Crippen molar-refractivity contribution in [1.82, 2.24) is 9.88 Å². The number of likely N-dealkylation sites (N-methyl/N-ethyl adjacent to an activating group) is 1. The molecule has 19 heavy (non-hydrogen) atoms. The van der Waals surface area contributed by atoms with Gasteiger partial charge in [0.15, 0.2) is 5.43 Å². The second-order valence-corrected chi connectivity index (χ2v) is 4.70. The van der Waals surface area contributed by atoms with E-state index < -0.39 is 0 Å². The molecule has 0 saturated heterocycles. The molecule has 3 heteroatoms. The minimum Gasteiger partial charge on any atom is -0.352 e. The zero-order valence-electron chi connectivity index (χ0n) is 11.5. The van der Waals surface area contributed by atoms with Crippen LogP contribution in [0.3, 0.4) is 0 Å². The van der Waals surface area contributed by atoms with E-state index >= 15 is 0 Å².